The fourth-order valence-corrected chi connectivity index (χ4v) is 2.98. The van der Waals surface area contributed by atoms with Crippen molar-refractivity contribution in [1.29, 1.82) is 0 Å². The molecule has 1 aromatic heterocycles. The van der Waals surface area contributed by atoms with Gasteiger partial charge in [-0.3, -0.25) is 9.67 Å². The lowest BCUT2D eigenvalue weighted by Crippen LogP contribution is -2.43. The van der Waals surface area contributed by atoms with Crippen molar-refractivity contribution in [3.05, 3.63) is 17.0 Å². The third-order valence-corrected chi connectivity index (χ3v) is 4.91. The molecule has 0 fully saturated rings. The molecule has 8 nitrogen and oxygen atoms in total. The minimum atomic E-state index is -2.98. The first-order valence-corrected chi connectivity index (χ1v) is 11.0. The second-order valence-corrected chi connectivity index (χ2v) is 8.79. The van der Waals surface area contributed by atoms with Gasteiger partial charge in [-0.25, -0.2) is 8.42 Å². The van der Waals surface area contributed by atoms with Gasteiger partial charge in [0.15, 0.2) is 5.96 Å². The SMILES string of the molecule is CCNC(=NCCOCCS(C)(=O)=O)NC(C)Cc1c(C)nn(C)c1C.I. The van der Waals surface area contributed by atoms with Crippen molar-refractivity contribution in [2.24, 2.45) is 12.0 Å². The third-order valence-electron chi connectivity index (χ3n) is 4.00. The molecule has 1 unspecified atom stereocenters. The summed E-state index contributed by atoms with van der Waals surface area (Å²) in [6, 6.07) is 0.195. The number of ether oxygens (including phenoxy) is 1. The Labute approximate surface area is 180 Å². The summed E-state index contributed by atoms with van der Waals surface area (Å²) in [6.07, 6.45) is 2.07. The lowest BCUT2D eigenvalue weighted by Gasteiger charge is -2.18. The highest BCUT2D eigenvalue weighted by atomic mass is 127. The van der Waals surface area contributed by atoms with Crippen LogP contribution in [0.2, 0.25) is 0 Å². The molecule has 1 atom stereocenters. The van der Waals surface area contributed by atoms with Crippen LogP contribution in [0.25, 0.3) is 0 Å². The molecule has 0 amide bonds. The molecule has 0 aliphatic carbocycles. The Hall–Kier alpha value is -0.880. The number of nitrogens with zero attached hydrogens (tertiary/aromatic N) is 3. The Morgan fingerprint density at radius 1 is 1.33 bits per heavy atom. The Morgan fingerprint density at radius 2 is 2.00 bits per heavy atom. The van der Waals surface area contributed by atoms with Gasteiger partial charge >= 0.3 is 0 Å². The molecule has 1 rings (SSSR count). The molecule has 1 aromatic rings. The molecule has 0 spiro atoms. The van der Waals surface area contributed by atoms with Gasteiger partial charge in [-0.05, 0) is 39.7 Å². The van der Waals surface area contributed by atoms with Gasteiger partial charge in [0.25, 0.3) is 0 Å². The van der Waals surface area contributed by atoms with Crippen molar-refractivity contribution in [2.45, 2.75) is 40.2 Å². The summed E-state index contributed by atoms with van der Waals surface area (Å²) in [7, 11) is -1.02. The van der Waals surface area contributed by atoms with E-state index in [-0.39, 0.29) is 42.4 Å². The fourth-order valence-electron chi connectivity index (χ4n) is 2.56. The van der Waals surface area contributed by atoms with E-state index in [0.717, 1.165) is 24.6 Å². The average Bonchev–Trinajstić information content (AvgIpc) is 2.76. The maximum absolute atomic E-state index is 11.0. The number of sulfone groups is 1. The van der Waals surface area contributed by atoms with Crippen molar-refractivity contribution < 1.29 is 13.2 Å². The van der Waals surface area contributed by atoms with Crippen LogP contribution in [0.15, 0.2) is 4.99 Å². The summed E-state index contributed by atoms with van der Waals surface area (Å²) in [5.74, 6) is 0.765. The minimum Gasteiger partial charge on any atom is -0.378 e. The van der Waals surface area contributed by atoms with Crippen LogP contribution in [0.1, 0.15) is 30.8 Å². The molecular weight excluding hydrogens is 481 g/mol. The van der Waals surface area contributed by atoms with Gasteiger partial charge in [0.1, 0.15) is 9.84 Å². The van der Waals surface area contributed by atoms with Gasteiger partial charge in [-0.1, -0.05) is 0 Å². The second-order valence-electron chi connectivity index (χ2n) is 6.53. The number of guanidine groups is 1. The highest BCUT2D eigenvalue weighted by molar-refractivity contribution is 14.0. The number of hydrogen-bond acceptors (Lipinski definition) is 5. The van der Waals surface area contributed by atoms with Crippen LogP contribution < -0.4 is 10.6 Å². The number of aromatic nitrogens is 2. The van der Waals surface area contributed by atoms with Crippen LogP contribution in [0.4, 0.5) is 0 Å². The first-order valence-electron chi connectivity index (χ1n) is 8.93. The van der Waals surface area contributed by atoms with Gasteiger partial charge in [-0.2, -0.15) is 5.10 Å². The quantitative estimate of drug-likeness (QED) is 0.211. The van der Waals surface area contributed by atoms with Crippen LogP contribution >= 0.6 is 24.0 Å². The summed E-state index contributed by atoms with van der Waals surface area (Å²) in [5.41, 5.74) is 3.49. The van der Waals surface area contributed by atoms with Crippen LogP contribution in [-0.2, 0) is 28.0 Å². The van der Waals surface area contributed by atoms with Crippen LogP contribution in [0.3, 0.4) is 0 Å². The third kappa shape index (κ3) is 10.3. The van der Waals surface area contributed by atoms with E-state index >= 15 is 0 Å². The molecule has 158 valence electrons. The molecule has 0 aliphatic heterocycles. The van der Waals surface area contributed by atoms with Crippen LogP contribution in [0.5, 0.6) is 0 Å². The Bertz CT molecular complexity index is 704. The number of rotatable bonds is 10. The standard InChI is InChI=1S/C17H33N5O3S.HI/c1-7-18-17(19-8-9-25-10-11-26(6,23)24)20-13(2)12-16-14(3)21-22(5)15(16)4;/h13H,7-12H2,1-6H3,(H2,18,19,20);1H. The van der Waals surface area contributed by atoms with Crippen molar-refractivity contribution in [3.8, 4) is 0 Å². The van der Waals surface area contributed by atoms with E-state index in [1.54, 1.807) is 0 Å². The molecule has 0 bridgehead atoms. The number of hydrogen-bond donors (Lipinski definition) is 2. The van der Waals surface area contributed by atoms with E-state index in [1.165, 1.54) is 17.5 Å². The zero-order valence-electron chi connectivity index (χ0n) is 17.2. The predicted octanol–water partition coefficient (Wildman–Crippen LogP) is 1.20. The van der Waals surface area contributed by atoms with Gasteiger partial charge < -0.3 is 15.4 Å². The predicted molar refractivity (Wildman–Crippen MR) is 121 cm³/mol. The Morgan fingerprint density at radius 3 is 2.52 bits per heavy atom. The van der Waals surface area contributed by atoms with Crippen LogP contribution in [-0.4, -0.2) is 68.5 Å². The summed E-state index contributed by atoms with van der Waals surface area (Å²) in [5, 5.41) is 11.1. The fraction of sp³-hybridized carbons (Fsp3) is 0.765. The molecule has 10 heteroatoms. The average molecular weight is 515 g/mol. The van der Waals surface area contributed by atoms with E-state index in [0.29, 0.717) is 13.2 Å². The molecule has 1 heterocycles. The molecule has 27 heavy (non-hydrogen) atoms. The minimum absolute atomic E-state index is 0. The summed E-state index contributed by atoms with van der Waals surface area (Å²) in [6.45, 7) is 10.1. The maximum atomic E-state index is 11.0. The summed E-state index contributed by atoms with van der Waals surface area (Å²) >= 11 is 0. The van der Waals surface area contributed by atoms with Crippen molar-refractivity contribution >= 4 is 39.8 Å². The van der Waals surface area contributed by atoms with Crippen molar-refractivity contribution in [1.82, 2.24) is 20.4 Å². The lowest BCUT2D eigenvalue weighted by molar-refractivity contribution is 0.157. The number of nitrogens with one attached hydrogen (secondary N) is 2. The molecule has 0 aliphatic rings. The zero-order valence-corrected chi connectivity index (χ0v) is 20.3. The molecule has 0 radical (unpaired) electrons. The molecule has 2 N–H and O–H groups in total. The van der Waals surface area contributed by atoms with Crippen molar-refractivity contribution in [2.75, 3.05) is 38.3 Å². The van der Waals surface area contributed by atoms with Gasteiger partial charge in [-0.15, -0.1) is 24.0 Å². The smallest absolute Gasteiger partial charge is 0.191 e. The van der Waals surface area contributed by atoms with E-state index in [2.05, 4.69) is 34.6 Å². The topological polar surface area (TPSA) is 97.6 Å². The van der Waals surface area contributed by atoms with E-state index < -0.39 is 9.84 Å². The number of aryl methyl sites for hydroxylation is 2. The monoisotopic (exact) mass is 515 g/mol. The Kier molecular flexibility index (Phi) is 12.1. The first-order chi connectivity index (χ1) is 12.1. The summed E-state index contributed by atoms with van der Waals surface area (Å²) < 4.78 is 29.3. The molecule has 0 saturated heterocycles. The first kappa shape index (κ1) is 26.1. The van der Waals surface area contributed by atoms with E-state index in [4.69, 9.17) is 4.74 Å². The zero-order chi connectivity index (χ0) is 19.7. The summed E-state index contributed by atoms with van der Waals surface area (Å²) in [4.78, 5) is 4.48. The second kappa shape index (κ2) is 12.6. The highest BCUT2D eigenvalue weighted by Crippen LogP contribution is 2.14. The van der Waals surface area contributed by atoms with Crippen molar-refractivity contribution in [3.63, 3.8) is 0 Å². The molecular formula is C17H34IN5O3S. The van der Waals surface area contributed by atoms with Gasteiger partial charge in [0.2, 0.25) is 0 Å². The Balaban J connectivity index is 0.00000676. The molecule has 0 aromatic carbocycles. The maximum Gasteiger partial charge on any atom is 0.191 e. The van der Waals surface area contributed by atoms with Crippen LogP contribution in [0, 0.1) is 13.8 Å². The number of aliphatic imine (C=N–C) groups is 1. The van der Waals surface area contributed by atoms with E-state index in [9.17, 15) is 8.42 Å². The normalized spacial score (nSPS) is 13.2. The van der Waals surface area contributed by atoms with Gasteiger partial charge in [0, 0.05) is 31.6 Å². The molecule has 0 saturated carbocycles. The van der Waals surface area contributed by atoms with Gasteiger partial charge in [0.05, 0.1) is 31.2 Å². The largest absolute Gasteiger partial charge is 0.378 e. The lowest BCUT2D eigenvalue weighted by atomic mass is 10.1. The number of halogens is 1. The van der Waals surface area contributed by atoms with E-state index in [1.807, 2.05) is 25.6 Å². The highest BCUT2D eigenvalue weighted by Gasteiger charge is 2.14.